The van der Waals surface area contributed by atoms with Gasteiger partial charge >= 0.3 is 0 Å². The number of quaternary nitrogens is 1. The average molecular weight is 375 g/mol. The van der Waals surface area contributed by atoms with Crippen LogP contribution in [0.25, 0.3) is 0 Å². The molecule has 1 aliphatic rings. The van der Waals surface area contributed by atoms with Crippen molar-refractivity contribution in [2.75, 3.05) is 21.1 Å². The van der Waals surface area contributed by atoms with E-state index in [4.69, 9.17) is 4.74 Å². The van der Waals surface area contributed by atoms with Gasteiger partial charge in [-0.2, -0.15) is 0 Å². The van der Waals surface area contributed by atoms with Gasteiger partial charge in [0.2, 0.25) is 0 Å². The molecule has 2 rings (SSSR count). The molecule has 0 saturated heterocycles. The highest BCUT2D eigenvalue weighted by atomic mass is 127. The molecule has 19 heavy (non-hydrogen) atoms. The van der Waals surface area contributed by atoms with E-state index in [9.17, 15) is 0 Å². The lowest BCUT2D eigenvalue weighted by molar-refractivity contribution is -0.900. The Kier molecular flexibility index (Phi) is 6.12. The summed E-state index contributed by atoms with van der Waals surface area (Å²) in [6.07, 6.45) is 5.47. The number of nitrogens with zero attached hydrogens (tertiary/aromatic N) is 1. The van der Waals surface area contributed by atoms with Crippen LogP contribution in [0.5, 0.6) is 5.75 Å². The van der Waals surface area contributed by atoms with Gasteiger partial charge in [-0.1, -0.05) is 17.7 Å². The van der Waals surface area contributed by atoms with Gasteiger partial charge in [-0.3, -0.25) is 0 Å². The minimum atomic E-state index is 0. The first-order valence-corrected chi connectivity index (χ1v) is 7.01. The molecule has 0 spiro atoms. The van der Waals surface area contributed by atoms with E-state index in [-0.39, 0.29) is 24.0 Å². The van der Waals surface area contributed by atoms with E-state index < -0.39 is 0 Å². The van der Waals surface area contributed by atoms with Crippen molar-refractivity contribution in [1.82, 2.24) is 0 Å². The van der Waals surface area contributed by atoms with Crippen LogP contribution < -0.4 is 28.7 Å². The first-order valence-electron chi connectivity index (χ1n) is 7.01. The molecule has 1 saturated carbocycles. The van der Waals surface area contributed by atoms with Crippen molar-refractivity contribution in [2.24, 2.45) is 0 Å². The smallest absolute Gasteiger partial charge is 0.150 e. The summed E-state index contributed by atoms with van der Waals surface area (Å²) in [7, 11) is 6.84. The summed E-state index contributed by atoms with van der Waals surface area (Å²) in [5.41, 5.74) is 1.29. The lowest BCUT2D eigenvalue weighted by atomic mass is 9.90. The van der Waals surface area contributed by atoms with E-state index in [2.05, 4.69) is 52.3 Å². The van der Waals surface area contributed by atoms with Crippen LogP contribution in [0.15, 0.2) is 24.3 Å². The van der Waals surface area contributed by atoms with E-state index in [1.807, 2.05) is 0 Å². The monoisotopic (exact) mass is 375 g/mol. The predicted octanol–water partition coefficient (Wildman–Crippen LogP) is 0.395. The molecule has 1 aliphatic carbocycles. The summed E-state index contributed by atoms with van der Waals surface area (Å²) in [6, 6.07) is 9.05. The predicted molar refractivity (Wildman–Crippen MR) is 75.9 cm³/mol. The lowest BCUT2D eigenvalue weighted by Gasteiger charge is -2.41. The Bertz CT molecular complexity index is 383. The standard InChI is InChI=1S/C16H26NO.HI/c1-13-9-11-14(12-10-13)18-16-8-6-5-7-15(16)17(2,3)4;/h9-12,15-16H,5-8H2,1-4H3;1H/q+1;/p-1/t15-,16-;/m1./s1. The molecule has 1 aromatic carbocycles. The van der Waals surface area contributed by atoms with Crippen molar-refractivity contribution < 1.29 is 33.2 Å². The van der Waals surface area contributed by atoms with E-state index >= 15 is 0 Å². The molecule has 2 nitrogen and oxygen atoms in total. The third kappa shape index (κ3) is 4.63. The maximum absolute atomic E-state index is 6.23. The molecule has 0 amide bonds. The van der Waals surface area contributed by atoms with Crippen LogP contribution in [0.3, 0.4) is 0 Å². The number of aryl methyl sites for hydroxylation is 1. The van der Waals surface area contributed by atoms with Gasteiger partial charge in [0.15, 0.2) is 6.10 Å². The van der Waals surface area contributed by atoms with Crippen molar-refractivity contribution in [3.05, 3.63) is 29.8 Å². The van der Waals surface area contributed by atoms with Crippen molar-refractivity contribution in [1.29, 1.82) is 0 Å². The minimum absolute atomic E-state index is 0. The molecule has 0 bridgehead atoms. The van der Waals surface area contributed by atoms with Gasteiger partial charge in [-0.05, 0) is 38.3 Å². The molecule has 0 radical (unpaired) electrons. The number of rotatable bonds is 3. The van der Waals surface area contributed by atoms with Gasteiger partial charge in [0.25, 0.3) is 0 Å². The molecule has 0 unspecified atom stereocenters. The first kappa shape index (κ1) is 16.8. The third-order valence-electron chi connectivity index (χ3n) is 3.97. The topological polar surface area (TPSA) is 9.23 Å². The molecule has 0 aromatic heterocycles. The molecule has 0 aliphatic heterocycles. The second-order valence-electron chi connectivity index (χ2n) is 6.44. The summed E-state index contributed by atoms with van der Waals surface area (Å²) in [5, 5.41) is 0. The van der Waals surface area contributed by atoms with Gasteiger partial charge in [-0.15, -0.1) is 0 Å². The molecular weight excluding hydrogens is 349 g/mol. The molecular formula is C16H26INO. The van der Waals surface area contributed by atoms with Gasteiger partial charge in [-0.25, -0.2) is 0 Å². The summed E-state index contributed by atoms with van der Waals surface area (Å²) in [6.45, 7) is 2.11. The van der Waals surface area contributed by atoms with E-state index in [1.54, 1.807) is 0 Å². The number of likely N-dealkylation sites (N-methyl/N-ethyl adjacent to an activating group) is 1. The molecule has 3 heteroatoms. The highest BCUT2D eigenvalue weighted by Gasteiger charge is 2.36. The average Bonchev–Trinajstić information content (AvgIpc) is 2.31. The molecule has 0 heterocycles. The quantitative estimate of drug-likeness (QED) is 0.549. The zero-order chi connectivity index (χ0) is 13.2. The first-order chi connectivity index (χ1) is 8.47. The Balaban J connectivity index is 0.00000180. The molecule has 1 fully saturated rings. The Morgan fingerprint density at radius 2 is 1.58 bits per heavy atom. The zero-order valence-corrected chi connectivity index (χ0v) is 14.7. The number of hydrogen-bond acceptors (Lipinski definition) is 1. The van der Waals surface area contributed by atoms with E-state index in [0.717, 1.165) is 10.2 Å². The Hall–Kier alpha value is -0.290. The van der Waals surface area contributed by atoms with Crippen LogP contribution in [0.2, 0.25) is 0 Å². The molecule has 1 aromatic rings. The van der Waals surface area contributed by atoms with Gasteiger partial charge in [0, 0.05) is 6.42 Å². The summed E-state index contributed by atoms with van der Waals surface area (Å²) in [4.78, 5) is 0. The highest BCUT2D eigenvalue weighted by molar-refractivity contribution is 5.26. The van der Waals surface area contributed by atoms with Crippen LogP contribution in [-0.4, -0.2) is 37.8 Å². The number of ether oxygens (including phenoxy) is 1. The fraction of sp³-hybridized carbons (Fsp3) is 0.625. The molecule has 0 N–H and O–H groups in total. The number of benzene rings is 1. The fourth-order valence-corrected chi connectivity index (χ4v) is 2.89. The molecule has 2 atom stereocenters. The maximum atomic E-state index is 6.23. The maximum Gasteiger partial charge on any atom is 0.150 e. The SMILES string of the molecule is Cc1ccc(O[C@@H]2CCCC[C@H]2[N+](C)(C)C)cc1.[I-]. The van der Waals surface area contributed by atoms with Crippen LogP contribution in [0, 0.1) is 6.92 Å². The Labute approximate surface area is 134 Å². The summed E-state index contributed by atoms with van der Waals surface area (Å²) < 4.78 is 7.23. The van der Waals surface area contributed by atoms with Crippen molar-refractivity contribution >= 4 is 0 Å². The summed E-state index contributed by atoms with van der Waals surface area (Å²) in [5.74, 6) is 1.02. The number of hydrogen-bond donors (Lipinski definition) is 0. The van der Waals surface area contributed by atoms with Crippen molar-refractivity contribution in [3.63, 3.8) is 0 Å². The minimum Gasteiger partial charge on any atom is -1.00 e. The van der Waals surface area contributed by atoms with E-state index in [0.29, 0.717) is 12.1 Å². The molecule has 108 valence electrons. The lowest BCUT2D eigenvalue weighted by Crippen LogP contribution is -3.00. The summed E-state index contributed by atoms with van der Waals surface area (Å²) >= 11 is 0. The van der Waals surface area contributed by atoms with Crippen LogP contribution in [0.4, 0.5) is 0 Å². The van der Waals surface area contributed by atoms with Crippen LogP contribution >= 0.6 is 0 Å². The highest BCUT2D eigenvalue weighted by Crippen LogP contribution is 2.28. The van der Waals surface area contributed by atoms with Crippen molar-refractivity contribution in [3.8, 4) is 5.75 Å². The fourth-order valence-electron chi connectivity index (χ4n) is 2.89. The Morgan fingerprint density at radius 1 is 1.00 bits per heavy atom. The van der Waals surface area contributed by atoms with Crippen LogP contribution in [0.1, 0.15) is 31.2 Å². The van der Waals surface area contributed by atoms with Crippen molar-refractivity contribution in [2.45, 2.75) is 44.8 Å². The zero-order valence-electron chi connectivity index (χ0n) is 12.5. The number of halogens is 1. The van der Waals surface area contributed by atoms with Crippen LogP contribution in [-0.2, 0) is 0 Å². The Morgan fingerprint density at radius 3 is 2.16 bits per heavy atom. The normalized spacial score (nSPS) is 23.6. The second-order valence-corrected chi connectivity index (χ2v) is 6.44. The third-order valence-corrected chi connectivity index (χ3v) is 3.97. The van der Waals surface area contributed by atoms with Gasteiger partial charge in [0.1, 0.15) is 11.8 Å². The van der Waals surface area contributed by atoms with E-state index in [1.165, 1.54) is 31.2 Å². The largest absolute Gasteiger partial charge is 1.00 e. The second kappa shape index (κ2) is 6.93. The van der Waals surface area contributed by atoms with Gasteiger partial charge < -0.3 is 33.2 Å². The van der Waals surface area contributed by atoms with Gasteiger partial charge in [0.05, 0.1) is 21.1 Å².